The maximum atomic E-state index is 9.16. The van der Waals surface area contributed by atoms with Crippen LogP contribution in [0.4, 0.5) is 0 Å². The smallest absolute Gasteiger partial charge is 0.0802 e. The Morgan fingerprint density at radius 2 is 2.44 bits per heavy atom. The normalized spacial score (nSPS) is 35.6. The summed E-state index contributed by atoms with van der Waals surface area (Å²) in [5, 5.41) is 12.2. The molecule has 50 valence electrons. The molecular weight excluding hydrogens is 114 g/mol. The predicted octanol–water partition coefficient (Wildman–Crippen LogP) is -0.410. The van der Waals surface area contributed by atoms with Gasteiger partial charge in [-0.1, -0.05) is 0 Å². The SMILES string of the molecule is C#CC1CCNCC1O. The number of rotatable bonds is 0. The molecule has 2 unspecified atom stereocenters. The fourth-order valence-electron chi connectivity index (χ4n) is 1.04. The van der Waals surface area contributed by atoms with Crippen LogP contribution < -0.4 is 5.32 Å². The van der Waals surface area contributed by atoms with Crippen molar-refractivity contribution in [2.45, 2.75) is 12.5 Å². The zero-order chi connectivity index (χ0) is 6.69. The van der Waals surface area contributed by atoms with E-state index < -0.39 is 0 Å². The average molecular weight is 125 g/mol. The first kappa shape index (κ1) is 6.60. The molecule has 0 aliphatic carbocycles. The van der Waals surface area contributed by atoms with Crippen LogP contribution in [0.3, 0.4) is 0 Å². The molecule has 1 rings (SSSR count). The Bertz CT molecular complexity index is 127. The van der Waals surface area contributed by atoms with Gasteiger partial charge in [-0.25, -0.2) is 0 Å². The van der Waals surface area contributed by atoms with Crippen molar-refractivity contribution in [2.24, 2.45) is 5.92 Å². The third-order valence-electron chi connectivity index (χ3n) is 1.66. The third kappa shape index (κ3) is 1.44. The maximum absolute atomic E-state index is 9.16. The molecule has 0 amide bonds. The van der Waals surface area contributed by atoms with Crippen LogP contribution in [0.2, 0.25) is 0 Å². The Kier molecular flexibility index (Phi) is 2.10. The zero-order valence-corrected chi connectivity index (χ0v) is 5.30. The van der Waals surface area contributed by atoms with Gasteiger partial charge in [0.2, 0.25) is 0 Å². The predicted molar refractivity (Wildman–Crippen MR) is 35.8 cm³/mol. The lowest BCUT2D eigenvalue weighted by molar-refractivity contribution is 0.109. The van der Waals surface area contributed by atoms with Crippen LogP contribution in [0.15, 0.2) is 0 Å². The molecule has 0 bridgehead atoms. The molecule has 0 aromatic heterocycles. The third-order valence-corrected chi connectivity index (χ3v) is 1.66. The first-order valence-electron chi connectivity index (χ1n) is 3.19. The van der Waals surface area contributed by atoms with Gasteiger partial charge < -0.3 is 10.4 Å². The Morgan fingerprint density at radius 1 is 1.67 bits per heavy atom. The number of terminal acetylenes is 1. The summed E-state index contributed by atoms with van der Waals surface area (Å²) in [4.78, 5) is 0. The minimum Gasteiger partial charge on any atom is -0.391 e. The summed E-state index contributed by atoms with van der Waals surface area (Å²) >= 11 is 0. The highest BCUT2D eigenvalue weighted by Gasteiger charge is 2.19. The van der Waals surface area contributed by atoms with E-state index in [2.05, 4.69) is 11.2 Å². The van der Waals surface area contributed by atoms with Crippen LogP contribution in [0.5, 0.6) is 0 Å². The lowest BCUT2D eigenvalue weighted by Gasteiger charge is -2.23. The van der Waals surface area contributed by atoms with Crippen LogP contribution in [0.1, 0.15) is 6.42 Å². The van der Waals surface area contributed by atoms with Crippen LogP contribution in [-0.2, 0) is 0 Å². The van der Waals surface area contributed by atoms with Crippen molar-refractivity contribution in [2.75, 3.05) is 13.1 Å². The van der Waals surface area contributed by atoms with Gasteiger partial charge in [0.1, 0.15) is 0 Å². The highest BCUT2D eigenvalue weighted by atomic mass is 16.3. The summed E-state index contributed by atoms with van der Waals surface area (Å²) in [6, 6.07) is 0. The van der Waals surface area contributed by atoms with Crippen LogP contribution in [0, 0.1) is 18.3 Å². The largest absolute Gasteiger partial charge is 0.391 e. The monoisotopic (exact) mass is 125 g/mol. The van der Waals surface area contributed by atoms with E-state index in [1.807, 2.05) is 0 Å². The van der Waals surface area contributed by atoms with Crippen molar-refractivity contribution in [1.29, 1.82) is 0 Å². The van der Waals surface area contributed by atoms with Crippen molar-refractivity contribution in [3.63, 3.8) is 0 Å². The molecule has 1 aliphatic rings. The minimum absolute atomic E-state index is 0.0752. The summed E-state index contributed by atoms with van der Waals surface area (Å²) in [6.07, 6.45) is 5.73. The Balaban J connectivity index is 2.41. The van der Waals surface area contributed by atoms with Crippen molar-refractivity contribution < 1.29 is 5.11 Å². The van der Waals surface area contributed by atoms with Gasteiger partial charge in [0, 0.05) is 12.5 Å². The number of piperidine rings is 1. The molecule has 2 N–H and O–H groups in total. The molecule has 0 saturated carbocycles. The molecule has 0 radical (unpaired) electrons. The molecule has 2 atom stereocenters. The number of β-amino-alcohol motifs (C(OH)–C–C–N with tert-alkyl or cyclic N) is 1. The van der Waals surface area contributed by atoms with E-state index in [1.165, 1.54) is 0 Å². The highest BCUT2D eigenvalue weighted by molar-refractivity contribution is 4.99. The topological polar surface area (TPSA) is 32.3 Å². The Hall–Kier alpha value is -0.520. The van der Waals surface area contributed by atoms with Crippen LogP contribution >= 0.6 is 0 Å². The Morgan fingerprint density at radius 3 is 2.89 bits per heavy atom. The maximum Gasteiger partial charge on any atom is 0.0802 e. The van der Waals surface area contributed by atoms with E-state index in [4.69, 9.17) is 11.5 Å². The van der Waals surface area contributed by atoms with Gasteiger partial charge in [0.25, 0.3) is 0 Å². The van der Waals surface area contributed by atoms with Crippen molar-refractivity contribution in [3.8, 4) is 12.3 Å². The lowest BCUT2D eigenvalue weighted by Crippen LogP contribution is -2.39. The van der Waals surface area contributed by atoms with Gasteiger partial charge in [0.05, 0.1) is 6.10 Å². The second kappa shape index (κ2) is 2.86. The standard InChI is InChI=1S/C7H11NO/c1-2-6-3-4-8-5-7(6)9/h1,6-9H,3-5H2. The van der Waals surface area contributed by atoms with Crippen molar-refractivity contribution >= 4 is 0 Å². The van der Waals surface area contributed by atoms with E-state index in [0.717, 1.165) is 13.0 Å². The first-order valence-corrected chi connectivity index (χ1v) is 3.19. The molecule has 1 saturated heterocycles. The first-order chi connectivity index (χ1) is 4.34. The quantitative estimate of drug-likeness (QED) is 0.431. The number of hydrogen-bond donors (Lipinski definition) is 2. The molecule has 1 fully saturated rings. The molecule has 1 heterocycles. The van der Waals surface area contributed by atoms with Crippen molar-refractivity contribution in [1.82, 2.24) is 5.32 Å². The molecular formula is C7H11NO. The fraction of sp³-hybridized carbons (Fsp3) is 0.714. The molecule has 0 aromatic rings. The fourth-order valence-corrected chi connectivity index (χ4v) is 1.04. The summed E-state index contributed by atoms with van der Waals surface area (Å²) < 4.78 is 0. The Labute approximate surface area is 55.3 Å². The molecule has 1 aliphatic heterocycles. The summed E-state index contributed by atoms with van der Waals surface area (Å²) in [7, 11) is 0. The van der Waals surface area contributed by atoms with Crippen LogP contribution in [0.25, 0.3) is 0 Å². The average Bonchev–Trinajstić information content (AvgIpc) is 1.89. The van der Waals surface area contributed by atoms with E-state index in [0.29, 0.717) is 6.54 Å². The lowest BCUT2D eigenvalue weighted by atomic mass is 9.96. The number of hydrogen-bond acceptors (Lipinski definition) is 2. The van der Waals surface area contributed by atoms with Gasteiger partial charge in [-0.15, -0.1) is 12.3 Å². The zero-order valence-electron chi connectivity index (χ0n) is 5.30. The highest BCUT2D eigenvalue weighted by Crippen LogP contribution is 2.09. The van der Waals surface area contributed by atoms with Gasteiger partial charge >= 0.3 is 0 Å². The summed E-state index contributed by atoms with van der Waals surface area (Å²) in [5.74, 6) is 2.64. The molecule has 2 heteroatoms. The molecule has 0 spiro atoms. The number of aliphatic hydroxyl groups excluding tert-OH is 1. The minimum atomic E-state index is -0.330. The van der Waals surface area contributed by atoms with E-state index in [9.17, 15) is 0 Å². The van der Waals surface area contributed by atoms with E-state index >= 15 is 0 Å². The van der Waals surface area contributed by atoms with E-state index in [1.54, 1.807) is 0 Å². The summed E-state index contributed by atoms with van der Waals surface area (Å²) in [5.41, 5.74) is 0. The van der Waals surface area contributed by atoms with Gasteiger partial charge in [-0.3, -0.25) is 0 Å². The second-order valence-corrected chi connectivity index (χ2v) is 2.33. The number of aliphatic hydroxyl groups is 1. The molecule has 0 aromatic carbocycles. The molecule has 2 nitrogen and oxygen atoms in total. The molecule has 9 heavy (non-hydrogen) atoms. The number of nitrogens with one attached hydrogen (secondary N) is 1. The van der Waals surface area contributed by atoms with Gasteiger partial charge in [-0.05, 0) is 13.0 Å². The van der Waals surface area contributed by atoms with E-state index in [-0.39, 0.29) is 12.0 Å². The summed E-state index contributed by atoms with van der Waals surface area (Å²) in [6.45, 7) is 1.58. The van der Waals surface area contributed by atoms with Gasteiger partial charge in [0.15, 0.2) is 0 Å². The van der Waals surface area contributed by atoms with Crippen molar-refractivity contribution in [3.05, 3.63) is 0 Å². The van der Waals surface area contributed by atoms with Gasteiger partial charge in [-0.2, -0.15) is 0 Å². The van der Waals surface area contributed by atoms with Crippen LogP contribution in [-0.4, -0.2) is 24.3 Å². The second-order valence-electron chi connectivity index (χ2n) is 2.33.